The first-order valence-electron chi connectivity index (χ1n) is 6.33. The number of hydrogen-bond donors (Lipinski definition) is 1. The van der Waals surface area contributed by atoms with Crippen LogP contribution in [0.5, 0.6) is 0 Å². The van der Waals surface area contributed by atoms with Crippen molar-refractivity contribution >= 4 is 21.4 Å². The molecule has 1 amide bonds. The van der Waals surface area contributed by atoms with E-state index in [0.717, 1.165) is 25.2 Å². The number of anilines is 1. The zero-order valence-electron chi connectivity index (χ0n) is 11.1. The molecular formula is C14H16FNO3S. The molecule has 0 aromatic heterocycles. The monoisotopic (exact) mass is 297 g/mol. The Hall–Kier alpha value is -1.69. The summed E-state index contributed by atoms with van der Waals surface area (Å²) >= 11 is 0. The Morgan fingerprint density at radius 2 is 2.10 bits per heavy atom. The molecule has 2 rings (SSSR count). The van der Waals surface area contributed by atoms with Gasteiger partial charge in [0.05, 0.1) is 0 Å². The van der Waals surface area contributed by atoms with Gasteiger partial charge >= 0.3 is 0 Å². The fourth-order valence-corrected chi connectivity index (χ4v) is 2.88. The summed E-state index contributed by atoms with van der Waals surface area (Å²) in [5, 5.41) is 2.62. The second-order valence-electron chi connectivity index (χ2n) is 4.89. The maximum Gasteiger partial charge on any atom is 0.227 e. The van der Waals surface area contributed by atoms with Crippen LogP contribution in [0.25, 0.3) is 0 Å². The molecule has 6 heteroatoms. The Kier molecular flexibility index (Phi) is 4.23. The minimum absolute atomic E-state index is 0.113. The number of carbonyl (C=O) groups is 1. The highest BCUT2D eigenvalue weighted by Gasteiger charge is 2.20. The fourth-order valence-electron chi connectivity index (χ4n) is 2.16. The number of nitrogens with one attached hydrogen (secondary N) is 1. The third-order valence-electron chi connectivity index (χ3n) is 3.24. The SMILES string of the molecule is CS(=O)(=O)c1ccc(NC(=O)C2CC=CCC2)cc1F. The average molecular weight is 297 g/mol. The molecule has 1 aromatic carbocycles. The van der Waals surface area contributed by atoms with Crippen LogP contribution >= 0.6 is 0 Å². The largest absolute Gasteiger partial charge is 0.326 e. The van der Waals surface area contributed by atoms with Gasteiger partial charge in [-0.3, -0.25) is 4.79 Å². The van der Waals surface area contributed by atoms with Crippen molar-refractivity contribution in [3.05, 3.63) is 36.2 Å². The predicted molar refractivity (Wildman–Crippen MR) is 74.6 cm³/mol. The number of amides is 1. The third-order valence-corrected chi connectivity index (χ3v) is 4.37. The first kappa shape index (κ1) is 14.7. The molecule has 0 saturated carbocycles. The first-order valence-corrected chi connectivity index (χ1v) is 8.22. The number of hydrogen-bond acceptors (Lipinski definition) is 3. The van der Waals surface area contributed by atoms with Crippen molar-refractivity contribution in [2.75, 3.05) is 11.6 Å². The van der Waals surface area contributed by atoms with Gasteiger partial charge in [-0.1, -0.05) is 12.2 Å². The number of carbonyl (C=O) groups excluding carboxylic acids is 1. The predicted octanol–water partition coefficient (Wildman–Crippen LogP) is 2.52. The van der Waals surface area contributed by atoms with Gasteiger partial charge in [0.2, 0.25) is 5.91 Å². The van der Waals surface area contributed by atoms with Gasteiger partial charge in [0.15, 0.2) is 9.84 Å². The number of halogens is 1. The molecule has 0 spiro atoms. The van der Waals surface area contributed by atoms with Crippen molar-refractivity contribution in [3.63, 3.8) is 0 Å². The van der Waals surface area contributed by atoms with Gasteiger partial charge in [-0.2, -0.15) is 0 Å². The molecule has 1 atom stereocenters. The van der Waals surface area contributed by atoms with Crippen molar-refractivity contribution in [3.8, 4) is 0 Å². The molecular weight excluding hydrogens is 281 g/mol. The van der Waals surface area contributed by atoms with Crippen LogP contribution in [-0.2, 0) is 14.6 Å². The highest BCUT2D eigenvalue weighted by atomic mass is 32.2. The molecule has 1 unspecified atom stereocenters. The van der Waals surface area contributed by atoms with Crippen molar-refractivity contribution in [1.29, 1.82) is 0 Å². The van der Waals surface area contributed by atoms with Gasteiger partial charge in [0.1, 0.15) is 10.7 Å². The fraction of sp³-hybridized carbons (Fsp3) is 0.357. The zero-order chi connectivity index (χ0) is 14.8. The smallest absolute Gasteiger partial charge is 0.227 e. The number of sulfone groups is 1. The van der Waals surface area contributed by atoms with Gasteiger partial charge in [-0.15, -0.1) is 0 Å². The van der Waals surface area contributed by atoms with E-state index in [1.54, 1.807) is 0 Å². The van der Waals surface area contributed by atoms with Crippen LogP contribution in [-0.4, -0.2) is 20.6 Å². The summed E-state index contributed by atoms with van der Waals surface area (Å²) in [7, 11) is -3.60. The summed E-state index contributed by atoms with van der Waals surface area (Å²) in [6.07, 6.45) is 7.24. The van der Waals surface area contributed by atoms with Gasteiger partial charge in [-0.25, -0.2) is 12.8 Å². The van der Waals surface area contributed by atoms with Crippen LogP contribution in [0, 0.1) is 11.7 Å². The van der Waals surface area contributed by atoms with Crippen LogP contribution in [0.4, 0.5) is 10.1 Å². The number of rotatable bonds is 3. The van der Waals surface area contributed by atoms with E-state index in [1.807, 2.05) is 12.2 Å². The standard InChI is InChI=1S/C14H16FNO3S/c1-20(18,19)13-8-7-11(9-12(13)15)16-14(17)10-5-3-2-4-6-10/h2-3,7-10H,4-6H2,1H3,(H,16,17). The Morgan fingerprint density at radius 3 is 2.65 bits per heavy atom. The first-order chi connectivity index (χ1) is 9.38. The average Bonchev–Trinajstić information content (AvgIpc) is 2.38. The van der Waals surface area contributed by atoms with Gasteiger partial charge < -0.3 is 5.32 Å². The van der Waals surface area contributed by atoms with Crippen molar-refractivity contribution in [1.82, 2.24) is 0 Å². The van der Waals surface area contributed by atoms with Gasteiger partial charge in [0.25, 0.3) is 0 Å². The summed E-state index contributed by atoms with van der Waals surface area (Å²) in [4.78, 5) is 11.6. The Labute approximate surface area is 117 Å². The van der Waals surface area contributed by atoms with E-state index in [9.17, 15) is 17.6 Å². The van der Waals surface area contributed by atoms with Crippen molar-refractivity contribution in [2.24, 2.45) is 5.92 Å². The molecule has 4 nitrogen and oxygen atoms in total. The molecule has 20 heavy (non-hydrogen) atoms. The highest BCUT2D eigenvalue weighted by molar-refractivity contribution is 7.90. The molecule has 0 radical (unpaired) electrons. The second-order valence-corrected chi connectivity index (χ2v) is 6.87. The molecule has 1 aliphatic carbocycles. The van der Waals surface area contributed by atoms with Crippen molar-refractivity contribution < 1.29 is 17.6 Å². The van der Waals surface area contributed by atoms with Crippen LogP contribution in [0.3, 0.4) is 0 Å². The van der Waals surface area contributed by atoms with Crippen LogP contribution < -0.4 is 5.32 Å². The topological polar surface area (TPSA) is 63.2 Å². The maximum atomic E-state index is 13.7. The number of allylic oxidation sites excluding steroid dienone is 2. The number of benzene rings is 1. The summed E-state index contributed by atoms with van der Waals surface area (Å²) in [5.41, 5.74) is 0.273. The minimum Gasteiger partial charge on any atom is -0.326 e. The van der Waals surface area contributed by atoms with E-state index >= 15 is 0 Å². The molecule has 1 N–H and O–H groups in total. The van der Waals surface area contributed by atoms with E-state index in [2.05, 4.69) is 5.32 Å². The molecule has 0 saturated heterocycles. The minimum atomic E-state index is -3.60. The quantitative estimate of drug-likeness (QED) is 0.872. The van der Waals surface area contributed by atoms with Gasteiger partial charge in [0, 0.05) is 17.9 Å². The summed E-state index contributed by atoms with van der Waals surface area (Å²) in [6.45, 7) is 0. The molecule has 0 bridgehead atoms. The highest BCUT2D eigenvalue weighted by Crippen LogP contribution is 2.22. The summed E-state index contributed by atoms with van der Waals surface area (Å²) < 4.78 is 36.3. The lowest BCUT2D eigenvalue weighted by atomic mass is 9.93. The van der Waals surface area contributed by atoms with Crippen LogP contribution in [0.2, 0.25) is 0 Å². The maximum absolute atomic E-state index is 13.7. The lowest BCUT2D eigenvalue weighted by molar-refractivity contribution is -0.120. The Balaban J connectivity index is 2.13. The second kappa shape index (κ2) is 5.75. The van der Waals surface area contributed by atoms with E-state index in [-0.39, 0.29) is 22.4 Å². The third kappa shape index (κ3) is 3.45. The molecule has 0 fully saturated rings. The van der Waals surface area contributed by atoms with E-state index in [0.29, 0.717) is 6.42 Å². The lowest BCUT2D eigenvalue weighted by Gasteiger charge is -2.17. The normalized spacial score (nSPS) is 18.8. The molecule has 0 heterocycles. The molecule has 1 aliphatic rings. The molecule has 108 valence electrons. The Morgan fingerprint density at radius 1 is 1.35 bits per heavy atom. The molecule has 0 aliphatic heterocycles. The van der Waals surface area contributed by atoms with Crippen LogP contribution in [0.1, 0.15) is 19.3 Å². The van der Waals surface area contributed by atoms with Crippen molar-refractivity contribution in [2.45, 2.75) is 24.2 Å². The van der Waals surface area contributed by atoms with Crippen LogP contribution in [0.15, 0.2) is 35.2 Å². The molecule has 1 aromatic rings. The Bertz CT molecular complexity index is 652. The van der Waals surface area contributed by atoms with E-state index in [4.69, 9.17) is 0 Å². The zero-order valence-corrected chi connectivity index (χ0v) is 11.9. The van der Waals surface area contributed by atoms with E-state index in [1.165, 1.54) is 12.1 Å². The van der Waals surface area contributed by atoms with Gasteiger partial charge in [-0.05, 0) is 37.5 Å². The summed E-state index contributed by atoms with van der Waals surface area (Å²) in [6, 6.07) is 3.60. The van der Waals surface area contributed by atoms with E-state index < -0.39 is 15.7 Å². The summed E-state index contributed by atoms with van der Waals surface area (Å²) in [5.74, 6) is -1.13. The lowest BCUT2D eigenvalue weighted by Crippen LogP contribution is -2.23.